The Labute approximate surface area is 255 Å². The zero-order valence-electron chi connectivity index (χ0n) is 27.6. The molecule has 2 aliphatic rings. The number of carbonyl (C=O) groups is 1. The highest BCUT2D eigenvalue weighted by Crippen LogP contribution is 2.46. The van der Waals surface area contributed by atoms with E-state index in [1.807, 2.05) is 60.7 Å². The molecule has 2 rings (SSSR count). The van der Waals surface area contributed by atoms with Gasteiger partial charge in [-0.25, -0.2) is 4.79 Å². The minimum absolute atomic E-state index is 0.285. The van der Waals surface area contributed by atoms with Gasteiger partial charge < -0.3 is 14.5 Å². The molecule has 6 nitrogen and oxygen atoms in total. The van der Waals surface area contributed by atoms with Crippen molar-refractivity contribution in [3.63, 3.8) is 0 Å². The molecule has 1 amide bonds. The summed E-state index contributed by atoms with van der Waals surface area (Å²) in [6.45, 7) is 29.8. The van der Waals surface area contributed by atoms with Gasteiger partial charge in [0.1, 0.15) is 11.4 Å². The van der Waals surface area contributed by atoms with Gasteiger partial charge in [-0.2, -0.15) is 5.26 Å². The summed E-state index contributed by atoms with van der Waals surface area (Å²) in [5.41, 5.74) is 7.66. The Balaban J connectivity index is 2.37. The van der Waals surface area contributed by atoms with E-state index in [0.717, 1.165) is 52.2 Å². The fraction of sp³-hybridized carbons (Fsp3) is 0.528. The van der Waals surface area contributed by atoms with E-state index in [9.17, 15) is 10.1 Å². The van der Waals surface area contributed by atoms with E-state index in [1.54, 1.807) is 4.90 Å². The van der Waals surface area contributed by atoms with Crippen molar-refractivity contribution in [2.75, 3.05) is 20.1 Å². The van der Waals surface area contributed by atoms with Gasteiger partial charge in [0.05, 0.1) is 6.07 Å². The van der Waals surface area contributed by atoms with Crippen LogP contribution in [0.5, 0.6) is 0 Å². The molecule has 0 saturated heterocycles. The molecule has 0 aromatic rings. The maximum atomic E-state index is 12.9. The number of allylic oxidation sites excluding steroid dienone is 7. The van der Waals surface area contributed by atoms with Gasteiger partial charge in [0, 0.05) is 49.6 Å². The summed E-state index contributed by atoms with van der Waals surface area (Å²) in [7, 11) is 1.83. The van der Waals surface area contributed by atoms with E-state index < -0.39 is 5.60 Å². The molecule has 1 aliphatic carbocycles. The van der Waals surface area contributed by atoms with Crippen LogP contribution in [0.1, 0.15) is 87.5 Å². The van der Waals surface area contributed by atoms with Crippen LogP contribution in [-0.4, -0.2) is 47.5 Å². The Hall–Kier alpha value is -3.59. The molecule has 0 N–H and O–H groups in total. The maximum absolute atomic E-state index is 12.9. The summed E-state index contributed by atoms with van der Waals surface area (Å²) in [6.07, 6.45) is 9.98. The summed E-state index contributed by atoms with van der Waals surface area (Å²) in [5.74, 6) is 1.71. The first-order chi connectivity index (χ1) is 19.6. The Kier molecular flexibility index (Phi) is 12.4. The van der Waals surface area contributed by atoms with E-state index in [0.29, 0.717) is 49.8 Å². The van der Waals surface area contributed by atoms with Crippen molar-refractivity contribution in [2.45, 2.75) is 93.1 Å². The molecule has 0 radical (unpaired) electrons. The fourth-order valence-electron chi connectivity index (χ4n) is 4.89. The Morgan fingerprint density at radius 2 is 1.83 bits per heavy atom. The molecule has 228 valence electrons. The van der Waals surface area contributed by atoms with Gasteiger partial charge >= 0.3 is 6.09 Å². The second kappa shape index (κ2) is 15.0. The molecule has 1 saturated carbocycles. The number of hydrogen-bond donors (Lipinski definition) is 0. The number of nitriles is 1. The number of nitrogens with zero attached hydrogens (tertiary/aromatic N) is 4. The number of rotatable bonds is 13. The third-order valence-corrected chi connectivity index (χ3v) is 7.00. The normalized spacial score (nSPS) is 18.2. The van der Waals surface area contributed by atoms with Crippen molar-refractivity contribution < 1.29 is 9.53 Å². The van der Waals surface area contributed by atoms with Crippen molar-refractivity contribution >= 4 is 11.9 Å². The molecule has 1 aliphatic heterocycles. The van der Waals surface area contributed by atoms with Crippen molar-refractivity contribution in [1.29, 1.82) is 5.26 Å². The SMILES string of the molecule is C=C(C)C/C(C#N)=C\C=C(/C)N1C=C(C2CC2)C(=C(\CC(=C)CCN(CC(C)C)C(=O)OC(C)(C)C)C(=C)C)/C1=N\C. The number of hydrogen-bond acceptors (Lipinski definition) is 4. The van der Waals surface area contributed by atoms with Crippen molar-refractivity contribution in [1.82, 2.24) is 9.80 Å². The molecule has 0 unspecified atom stereocenters. The lowest BCUT2D eigenvalue weighted by Crippen LogP contribution is -2.39. The topological polar surface area (TPSA) is 68.9 Å². The lowest BCUT2D eigenvalue weighted by Gasteiger charge is -2.29. The standard InChI is InChI=1S/C36H52N4O2/c1-24(2)19-29(21-37)14-13-28(8)40-23-32(30-15-16-30)33(34(40)38-12)31(26(5)6)20-27(7)17-18-39(22-25(3)4)35(41)42-36(9,10)11/h13-14,23,25,30H,1,5,7,15-20,22H2,2-4,6,8-12H3/b28-13+,29-14+,33-31-,38-34+. The lowest BCUT2D eigenvalue weighted by molar-refractivity contribution is 0.0230. The predicted molar refractivity (Wildman–Crippen MR) is 176 cm³/mol. The van der Waals surface area contributed by atoms with Crippen LogP contribution < -0.4 is 0 Å². The maximum Gasteiger partial charge on any atom is 0.410 e. The molecule has 0 aromatic heterocycles. The third kappa shape index (κ3) is 10.4. The van der Waals surface area contributed by atoms with Crippen LogP contribution in [-0.2, 0) is 4.74 Å². The van der Waals surface area contributed by atoms with E-state index in [1.165, 1.54) is 5.57 Å². The third-order valence-electron chi connectivity index (χ3n) is 7.00. The molecular weight excluding hydrogens is 520 g/mol. The summed E-state index contributed by atoms with van der Waals surface area (Å²) in [6, 6.07) is 2.28. The summed E-state index contributed by atoms with van der Waals surface area (Å²) in [4.78, 5) is 21.6. The molecule has 6 heteroatoms. The highest BCUT2D eigenvalue weighted by Gasteiger charge is 2.38. The van der Waals surface area contributed by atoms with Crippen molar-refractivity contribution in [3.05, 3.63) is 82.8 Å². The van der Waals surface area contributed by atoms with Gasteiger partial charge in [0.2, 0.25) is 0 Å². The molecular formula is C36H52N4O2. The number of aliphatic imine (C=N–C) groups is 1. The molecule has 1 heterocycles. The van der Waals surface area contributed by atoms with E-state index in [4.69, 9.17) is 9.73 Å². The van der Waals surface area contributed by atoms with E-state index >= 15 is 0 Å². The number of amidine groups is 1. The Bertz CT molecular complexity index is 1270. The van der Waals surface area contributed by atoms with E-state index in [-0.39, 0.29) is 6.09 Å². The zero-order chi connectivity index (χ0) is 31.8. The van der Waals surface area contributed by atoms with Gasteiger partial charge in [0.15, 0.2) is 0 Å². The summed E-state index contributed by atoms with van der Waals surface area (Å²) in [5, 5.41) is 9.54. The van der Waals surface area contributed by atoms with Crippen LogP contribution in [0.4, 0.5) is 4.79 Å². The van der Waals surface area contributed by atoms with Crippen LogP contribution in [0.15, 0.2) is 87.8 Å². The average molecular weight is 573 g/mol. The minimum atomic E-state index is -0.542. The molecule has 0 aromatic carbocycles. The molecule has 1 fully saturated rings. The lowest BCUT2D eigenvalue weighted by atomic mass is 9.89. The molecule has 0 atom stereocenters. The van der Waals surface area contributed by atoms with Gasteiger partial charge in [0.25, 0.3) is 0 Å². The minimum Gasteiger partial charge on any atom is -0.444 e. The number of ether oxygens (including phenoxy) is 1. The van der Waals surface area contributed by atoms with Crippen molar-refractivity contribution in [2.24, 2.45) is 16.8 Å². The first-order valence-corrected chi connectivity index (χ1v) is 15.0. The first-order valence-electron chi connectivity index (χ1n) is 15.0. The van der Waals surface area contributed by atoms with Gasteiger partial charge in [-0.15, -0.1) is 0 Å². The van der Waals surface area contributed by atoms with Crippen molar-refractivity contribution in [3.8, 4) is 6.07 Å². The van der Waals surface area contributed by atoms with Gasteiger partial charge in [-0.3, -0.25) is 4.99 Å². The largest absolute Gasteiger partial charge is 0.444 e. The molecule has 0 bridgehead atoms. The van der Waals surface area contributed by atoms with Crippen LogP contribution in [0.2, 0.25) is 0 Å². The second-order valence-electron chi connectivity index (χ2n) is 13.2. The Morgan fingerprint density at radius 3 is 2.31 bits per heavy atom. The fourth-order valence-corrected chi connectivity index (χ4v) is 4.89. The van der Waals surface area contributed by atoms with Gasteiger partial charge in [-0.05, 0) is 102 Å². The quantitative estimate of drug-likeness (QED) is 0.125. The average Bonchev–Trinajstić information content (AvgIpc) is 3.65. The highest BCUT2D eigenvalue weighted by atomic mass is 16.6. The zero-order valence-corrected chi connectivity index (χ0v) is 27.6. The summed E-state index contributed by atoms with van der Waals surface area (Å²) >= 11 is 0. The van der Waals surface area contributed by atoms with E-state index in [2.05, 4.69) is 50.8 Å². The number of amides is 1. The van der Waals surface area contributed by atoms with Crippen LogP contribution in [0.3, 0.4) is 0 Å². The van der Waals surface area contributed by atoms with Crippen LogP contribution >= 0.6 is 0 Å². The highest BCUT2D eigenvalue weighted by molar-refractivity contribution is 6.08. The predicted octanol–water partition coefficient (Wildman–Crippen LogP) is 9.05. The number of carbonyl (C=O) groups excluding carboxylic acids is 1. The molecule has 0 spiro atoms. The first kappa shape index (κ1) is 34.6. The van der Waals surface area contributed by atoms with Gasteiger partial charge in [-0.1, -0.05) is 50.3 Å². The van der Waals surface area contributed by atoms with Crippen LogP contribution in [0, 0.1) is 23.2 Å². The monoisotopic (exact) mass is 572 g/mol. The smallest absolute Gasteiger partial charge is 0.410 e. The second-order valence-corrected chi connectivity index (χ2v) is 13.2. The molecule has 42 heavy (non-hydrogen) atoms. The summed E-state index contributed by atoms with van der Waals surface area (Å²) < 4.78 is 5.68. The Morgan fingerprint density at radius 1 is 1.19 bits per heavy atom. The van der Waals surface area contributed by atoms with Crippen LogP contribution in [0.25, 0.3) is 0 Å².